The van der Waals surface area contributed by atoms with E-state index >= 15 is 0 Å². The van der Waals surface area contributed by atoms with Gasteiger partial charge in [0.15, 0.2) is 17.6 Å². The van der Waals surface area contributed by atoms with Crippen LogP contribution in [0.5, 0.6) is 11.5 Å². The van der Waals surface area contributed by atoms with E-state index in [1.807, 2.05) is 24.3 Å². The Balaban J connectivity index is 1.09. The molecule has 32 heavy (non-hydrogen) atoms. The van der Waals surface area contributed by atoms with Crippen molar-refractivity contribution in [2.45, 2.75) is 37.5 Å². The molecule has 0 unspecified atom stereocenters. The topological polar surface area (TPSA) is 84.5 Å². The van der Waals surface area contributed by atoms with E-state index in [-0.39, 0.29) is 17.6 Å². The lowest BCUT2D eigenvalue weighted by atomic mass is 10.2. The van der Waals surface area contributed by atoms with Gasteiger partial charge >= 0.3 is 0 Å². The number of para-hydroxylation sites is 2. The van der Waals surface area contributed by atoms with E-state index in [0.29, 0.717) is 36.9 Å². The number of amides is 1. The van der Waals surface area contributed by atoms with Gasteiger partial charge in [-0.1, -0.05) is 12.1 Å². The Morgan fingerprint density at radius 3 is 3.03 bits per heavy atom. The third-order valence-electron chi connectivity index (χ3n) is 5.79. The first-order valence-corrected chi connectivity index (χ1v) is 12.8. The first-order chi connectivity index (χ1) is 15.6. The lowest BCUT2D eigenvalue weighted by Crippen LogP contribution is -2.41. The van der Waals surface area contributed by atoms with Crippen molar-refractivity contribution in [3.05, 3.63) is 50.9 Å². The number of benzene rings is 1. The largest absolute Gasteiger partial charge is 0.486 e. The van der Waals surface area contributed by atoms with E-state index in [9.17, 15) is 9.59 Å². The first kappa shape index (κ1) is 21.3. The molecule has 1 aliphatic heterocycles. The minimum absolute atomic E-state index is 0.0305. The smallest absolute Gasteiger partial charge is 0.259 e. The van der Waals surface area contributed by atoms with Gasteiger partial charge in [0.25, 0.3) is 5.56 Å². The molecule has 3 heterocycles. The second-order valence-electron chi connectivity index (χ2n) is 8.12. The molecule has 1 amide bonds. The number of aryl methyl sites for hydroxylation is 2. The fraction of sp³-hybridized carbons (Fsp3) is 0.435. The van der Waals surface area contributed by atoms with Crippen LogP contribution in [-0.2, 0) is 23.4 Å². The Morgan fingerprint density at radius 2 is 2.16 bits per heavy atom. The normalized spacial score (nSPS) is 16.8. The first-order valence-electron chi connectivity index (χ1n) is 10.8. The molecule has 168 valence electrons. The summed E-state index contributed by atoms with van der Waals surface area (Å²) in [4.78, 5) is 36.5. The number of thiophene rings is 1. The monoisotopic (exact) mass is 471 g/mol. The van der Waals surface area contributed by atoms with Crippen LogP contribution in [0.1, 0.15) is 29.1 Å². The molecule has 0 bridgehead atoms. The van der Waals surface area contributed by atoms with Gasteiger partial charge in [-0.05, 0) is 37.0 Å². The lowest BCUT2D eigenvalue weighted by molar-refractivity contribution is -0.130. The van der Waals surface area contributed by atoms with Gasteiger partial charge in [-0.15, -0.1) is 11.3 Å². The van der Waals surface area contributed by atoms with Crippen molar-refractivity contribution >= 4 is 39.2 Å². The summed E-state index contributed by atoms with van der Waals surface area (Å²) in [6.07, 6.45) is 3.41. The number of rotatable bonds is 7. The van der Waals surface area contributed by atoms with E-state index in [1.54, 1.807) is 35.0 Å². The molecule has 5 rings (SSSR count). The summed E-state index contributed by atoms with van der Waals surface area (Å²) >= 11 is 3.26. The number of fused-ring (bicyclic) bond motifs is 4. The number of nitrogens with zero attached hydrogens (tertiary/aromatic N) is 2. The summed E-state index contributed by atoms with van der Waals surface area (Å²) in [6.45, 7) is 0.906. The van der Waals surface area contributed by atoms with Gasteiger partial charge in [-0.3, -0.25) is 9.59 Å². The minimum atomic E-state index is -0.181. The summed E-state index contributed by atoms with van der Waals surface area (Å²) in [5, 5.41) is 0.782. The molecule has 0 saturated heterocycles. The number of carbonyl (C=O) groups excluding carboxylic acids is 1. The molecule has 2 aliphatic rings. The Bertz CT molecular complexity index is 1210. The number of H-pyrrole nitrogens is 1. The molecule has 0 saturated carbocycles. The van der Waals surface area contributed by atoms with Gasteiger partial charge in [0.2, 0.25) is 5.91 Å². The molecule has 0 radical (unpaired) electrons. The highest BCUT2D eigenvalue weighted by Crippen LogP contribution is 2.34. The molecule has 3 aromatic rings. The molecular formula is C23H25N3O4S2. The quantitative estimate of drug-likeness (QED) is 0.532. The summed E-state index contributed by atoms with van der Waals surface area (Å²) in [7, 11) is 1.79. The highest BCUT2D eigenvalue weighted by molar-refractivity contribution is 7.98. The van der Waals surface area contributed by atoms with E-state index in [4.69, 9.17) is 9.47 Å². The maximum atomic E-state index is 12.5. The van der Waals surface area contributed by atoms with Gasteiger partial charge in [0.1, 0.15) is 17.3 Å². The Hall–Kier alpha value is -2.52. The highest BCUT2D eigenvalue weighted by Gasteiger charge is 2.24. The second-order valence-corrected chi connectivity index (χ2v) is 10.3. The van der Waals surface area contributed by atoms with Crippen molar-refractivity contribution in [3.8, 4) is 11.5 Å². The van der Waals surface area contributed by atoms with E-state index in [0.717, 1.165) is 41.0 Å². The Labute approximate surface area is 194 Å². The summed E-state index contributed by atoms with van der Waals surface area (Å²) in [5.74, 6) is 3.45. The average molecular weight is 472 g/mol. The molecule has 1 atom stereocenters. The van der Waals surface area contributed by atoms with Crippen LogP contribution >= 0.6 is 23.1 Å². The van der Waals surface area contributed by atoms with E-state index in [2.05, 4.69) is 9.97 Å². The summed E-state index contributed by atoms with van der Waals surface area (Å²) in [5.41, 5.74) is 1.17. The predicted molar refractivity (Wildman–Crippen MR) is 127 cm³/mol. The predicted octanol–water partition coefficient (Wildman–Crippen LogP) is 3.40. The third kappa shape index (κ3) is 4.36. The molecule has 1 N–H and O–H groups in total. The fourth-order valence-electron chi connectivity index (χ4n) is 4.19. The molecule has 1 aliphatic carbocycles. The van der Waals surface area contributed by atoms with Crippen LogP contribution < -0.4 is 15.0 Å². The Kier molecular flexibility index (Phi) is 6.10. The van der Waals surface area contributed by atoms with Crippen LogP contribution in [0, 0.1) is 0 Å². The van der Waals surface area contributed by atoms with Crippen molar-refractivity contribution < 1.29 is 14.3 Å². The molecular weight excluding hydrogens is 446 g/mol. The minimum Gasteiger partial charge on any atom is -0.486 e. The number of aromatic amines is 1. The number of aromatic nitrogens is 2. The fourth-order valence-corrected chi connectivity index (χ4v) is 6.27. The maximum absolute atomic E-state index is 12.5. The van der Waals surface area contributed by atoms with Crippen molar-refractivity contribution in [3.63, 3.8) is 0 Å². The second kappa shape index (κ2) is 9.15. The van der Waals surface area contributed by atoms with Gasteiger partial charge in [-0.2, -0.15) is 11.8 Å². The van der Waals surface area contributed by atoms with E-state index in [1.165, 1.54) is 10.4 Å². The van der Waals surface area contributed by atoms with Crippen LogP contribution in [0.15, 0.2) is 29.1 Å². The van der Waals surface area contributed by atoms with Gasteiger partial charge in [-0.25, -0.2) is 4.98 Å². The molecule has 7 nitrogen and oxygen atoms in total. The number of carbonyl (C=O) groups is 1. The van der Waals surface area contributed by atoms with E-state index < -0.39 is 0 Å². The van der Waals surface area contributed by atoms with Crippen LogP contribution in [0.4, 0.5) is 0 Å². The van der Waals surface area contributed by atoms with Crippen LogP contribution in [0.25, 0.3) is 10.2 Å². The molecule has 0 spiro atoms. The SMILES string of the molecule is CN(C[C@@H]1COc2ccccc2O1)C(=O)CCSCc1nc2sc3c(c2c(=O)[nH]1)CCC3. The number of hydrogen-bond donors (Lipinski definition) is 1. The van der Waals surface area contributed by atoms with Crippen LogP contribution in [0.3, 0.4) is 0 Å². The van der Waals surface area contributed by atoms with Crippen molar-refractivity contribution in [1.82, 2.24) is 14.9 Å². The molecule has 1 aromatic carbocycles. The number of thioether (sulfide) groups is 1. The van der Waals surface area contributed by atoms with Gasteiger partial charge in [0, 0.05) is 24.1 Å². The maximum Gasteiger partial charge on any atom is 0.259 e. The van der Waals surface area contributed by atoms with Gasteiger partial charge in [0.05, 0.1) is 17.7 Å². The average Bonchev–Trinajstić information content (AvgIpc) is 3.37. The zero-order valence-electron chi connectivity index (χ0n) is 17.9. The van der Waals surface area contributed by atoms with Gasteiger partial charge < -0.3 is 19.4 Å². The highest BCUT2D eigenvalue weighted by atomic mass is 32.2. The zero-order chi connectivity index (χ0) is 22.1. The summed E-state index contributed by atoms with van der Waals surface area (Å²) < 4.78 is 11.7. The zero-order valence-corrected chi connectivity index (χ0v) is 19.5. The number of ether oxygens (including phenoxy) is 2. The summed E-state index contributed by atoms with van der Waals surface area (Å²) in [6, 6.07) is 7.57. The lowest BCUT2D eigenvalue weighted by Gasteiger charge is -2.29. The van der Waals surface area contributed by atoms with Crippen LogP contribution in [-0.4, -0.2) is 52.8 Å². The third-order valence-corrected chi connectivity index (χ3v) is 7.95. The van der Waals surface area contributed by atoms with Crippen LogP contribution in [0.2, 0.25) is 0 Å². The number of hydrogen-bond acceptors (Lipinski definition) is 7. The Morgan fingerprint density at radius 1 is 1.31 bits per heavy atom. The molecule has 0 fully saturated rings. The number of likely N-dealkylation sites (N-methyl/N-ethyl adjacent to an activating group) is 1. The van der Waals surface area contributed by atoms with Crippen molar-refractivity contribution in [1.29, 1.82) is 0 Å². The molecule has 2 aromatic heterocycles. The van der Waals surface area contributed by atoms with Crippen molar-refractivity contribution in [2.24, 2.45) is 0 Å². The number of nitrogens with one attached hydrogen (secondary N) is 1. The standard InChI is InChI=1S/C23H25N3O4S2/c1-26(11-14-12-29-16-6-2-3-7-17(16)30-14)20(27)9-10-31-13-19-24-22(28)21-15-5-4-8-18(15)32-23(21)25-19/h2-3,6-7,14H,4-5,8-13H2,1H3,(H,24,25,28)/t14-/m1/s1. The van der Waals surface area contributed by atoms with Crippen molar-refractivity contribution in [2.75, 3.05) is 26.0 Å². The molecule has 9 heteroatoms.